The summed E-state index contributed by atoms with van der Waals surface area (Å²) in [6.07, 6.45) is 2.46. The number of aryl methyl sites for hydroxylation is 1. The van der Waals surface area contributed by atoms with E-state index in [1.165, 1.54) is 18.5 Å². The SMILES string of the molecule is COc1ccc(N2CCN(c3nc(SCc4cccc(C(=O)NCC5CC5)c4)nc(C)c3C)CC2)cc1. The summed E-state index contributed by atoms with van der Waals surface area (Å²) >= 11 is 1.62. The predicted molar refractivity (Wildman–Crippen MR) is 150 cm³/mol. The first-order valence-corrected chi connectivity index (χ1v) is 14.0. The van der Waals surface area contributed by atoms with Crippen molar-refractivity contribution in [3.05, 3.63) is 70.9 Å². The Labute approximate surface area is 223 Å². The topological polar surface area (TPSA) is 70.6 Å². The Bertz CT molecular complexity index is 1240. The smallest absolute Gasteiger partial charge is 0.251 e. The van der Waals surface area contributed by atoms with Gasteiger partial charge < -0.3 is 19.9 Å². The van der Waals surface area contributed by atoms with Gasteiger partial charge >= 0.3 is 0 Å². The number of hydrogen-bond donors (Lipinski definition) is 1. The van der Waals surface area contributed by atoms with E-state index >= 15 is 0 Å². The number of rotatable bonds is 9. The van der Waals surface area contributed by atoms with Crippen LogP contribution in [0.5, 0.6) is 5.75 Å². The van der Waals surface area contributed by atoms with E-state index in [4.69, 9.17) is 14.7 Å². The molecule has 5 rings (SSSR count). The zero-order chi connectivity index (χ0) is 25.8. The first-order valence-electron chi connectivity index (χ1n) is 13.0. The Balaban J connectivity index is 1.21. The van der Waals surface area contributed by atoms with Gasteiger partial charge in [-0.2, -0.15) is 0 Å². The zero-order valence-electron chi connectivity index (χ0n) is 21.9. The molecule has 194 valence electrons. The lowest BCUT2D eigenvalue weighted by atomic mass is 10.1. The van der Waals surface area contributed by atoms with Crippen molar-refractivity contribution < 1.29 is 9.53 Å². The molecule has 3 aromatic rings. The van der Waals surface area contributed by atoms with E-state index in [1.807, 2.05) is 30.3 Å². The Morgan fingerprint density at radius 3 is 2.46 bits per heavy atom. The van der Waals surface area contributed by atoms with Crippen LogP contribution < -0.4 is 19.9 Å². The molecule has 1 aliphatic heterocycles. The maximum Gasteiger partial charge on any atom is 0.251 e. The Morgan fingerprint density at radius 1 is 1.03 bits per heavy atom. The molecule has 1 aromatic heterocycles. The van der Waals surface area contributed by atoms with Crippen LogP contribution in [0.4, 0.5) is 11.5 Å². The number of aromatic nitrogens is 2. The van der Waals surface area contributed by atoms with Crippen molar-refractivity contribution in [3.8, 4) is 5.75 Å². The molecule has 0 bridgehead atoms. The van der Waals surface area contributed by atoms with E-state index in [9.17, 15) is 4.79 Å². The standard InChI is InChI=1S/C29H35N5O2S/c1-20-21(2)31-29(37-19-23-5-4-6-24(17-23)28(35)30-18-22-7-8-22)32-27(20)34-15-13-33(14-16-34)25-9-11-26(36-3)12-10-25/h4-6,9-12,17,22H,7-8,13-16,18-19H2,1-3H3,(H,30,35). The highest BCUT2D eigenvalue weighted by Gasteiger charge is 2.23. The number of thioether (sulfide) groups is 1. The van der Waals surface area contributed by atoms with Crippen LogP contribution in [0.25, 0.3) is 0 Å². The second kappa shape index (κ2) is 11.4. The minimum atomic E-state index is 0.0113. The molecule has 1 saturated carbocycles. The second-order valence-corrected chi connectivity index (χ2v) is 10.8. The van der Waals surface area contributed by atoms with Gasteiger partial charge in [0, 0.05) is 61.0 Å². The van der Waals surface area contributed by atoms with E-state index in [1.54, 1.807) is 18.9 Å². The molecule has 0 spiro atoms. The molecule has 7 nitrogen and oxygen atoms in total. The van der Waals surface area contributed by atoms with Crippen molar-refractivity contribution in [2.24, 2.45) is 5.92 Å². The predicted octanol–water partition coefficient (Wildman–Crippen LogP) is 4.86. The van der Waals surface area contributed by atoms with Crippen LogP contribution in [0.1, 0.15) is 40.0 Å². The number of benzene rings is 2. The van der Waals surface area contributed by atoms with Gasteiger partial charge in [-0.15, -0.1) is 0 Å². The van der Waals surface area contributed by atoms with Gasteiger partial charge in [0.25, 0.3) is 5.91 Å². The molecule has 0 unspecified atom stereocenters. The average molecular weight is 518 g/mol. The maximum atomic E-state index is 12.5. The lowest BCUT2D eigenvalue weighted by Crippen LogP contribution is -2.47. The summed E-state index contributed by atoms with van der Waals surface area (Å²) < 4.78 is 5.29. The van der Waals surface area contributed by atoms with Gasteiger partial charge in [0.1, 0.15) is 11.6 Å². The highest BCUT2D eigenvalue weighted by atomic mass is 32.2. The fourth-order valence-corrected chi connectivity index (χ4v) is 5.37. The van der Waals surface area contributed by atoms with Crippen molar-refractivity contribution >= 4 is 29.2 Å². The Hall–Kier alpha value is -3.26. The van der Waals surface area contributed by atoms with E-state index in [0.29, 0.717) is 5.92 Å². The lowest BCUT2D eigenvalue weighted by Gasteiger charge is -2.37. The molecule has 1 N–H and O–H groups in total. The average Bonchev–Trinajstić information content (AvgIpc) is 3.77. The van der Waals surface area contributed by atoms with Gasteiger partial charge in [-0.1, -0.05) is 23.9 Å². The van der Waals surface area contributed by atoms with Gasteiger partial charge in [-0.25, -0.2) is 9.97 Å². The largest absolute Gasteiger partial charge is 0.497 e. The van der Waals surface area contributed by atoms with Crippen LogP contribution in [0.3, 0.4) is 0 Å². The minimum Gasteiger partial charge on any atom is -0.497 e. The molecule has 2 fully saturated rings. The summed E-state index contributed by atoms with van der Waals surface area (Å²) in [6, 6.07) is 16.1. The van der Waals surface area contributed by atoms with E-state index in [-0.39, 0.29) is 5.91 Å². The summed E-state index contributed by atoms with van der Waals surface area (Å²) in [5.41, 5.74) is 5.18. The summed E-state index contributed by atoms with van der Waals surface area (Å²) in [5, 5.41) is 3.83. The summed E-state index contributed by atoms with van der Waals surface area (Å²) in [4.78, 5) is 27.0. The summed E-state index contributed by atoms with van der Waals surface area (Å²) in [5.74, 6) is 3.30. The highest BCUT2D eigenvalue weighted by Crippen LogP contribution is 2.29. The third-order valence-electron chi connectivity index (χ3n) is 7.17. The maximum absolute atomic E-state index is 12.5. The number of anilines is 2. The molecule has 2 aromatic carbocycles. The molecule has 8 heteroatoms. The molecule has 0 atom stereocenters. The van der Waals surface area contributed by atoms with Gasteiger partial charge in [0.2, 0.25) is 0 Å². The Kier molecular flexibility index (Phi) is 7.84. The first-order chi connectivity index (χ1) is 18.0. The monoisotopic (exact) mass is 517 g/mol. The number of amides is 1. The minimum absolute atomic E-state index is 0.0113. The molecule has 2 heterocycles. The molecule has 0 radical (unpaired) electrons. The van der Waals surface area contributed by atoms with Gasteiger partial charge in [0.15, 0.2) is 5.16 Å². The number of methoxy groups -OCH3 is 1. The summed E-state index contributed by atoms with van der Waals surface area (Å²) in [7, 11) is 1.69. The van der Waals surface area contributed by atoms with Gasteiger partial charge in [0.05, 0.1) is 7.11 Å². The van der Waals surface area contributed by atoms with Gasteiger partial charge in [-0.05, 0) is 74.6 Å². The molecule has 37 heavy (non-hydrogen) atoms. The van der Waals surface area contributed by atoms with Crippen LogP contribution in [0.15, 0.2) is 53.7 Å². The first kappa shape index (κ1) is 25.4. The van der Waals surface area contributed by atoms with Crippen molar-refractivity contribution in [1.82, 2.24) is 15.3 Å². The molecular weight excluding hydrogens is 482 g/mol. The molecule has 1 aliphatic carbocycles. The van der Waals surface area contributed by atoms with E-state index in [0.717, 1.165) is 77.6 Å². The lowest BCUT2D eigenvalue weighted by molar-refractivity contribution is 0.0951. The zero-order valence-corrected chi connectivity index (χ0v) is 22.7. The molecular formula is C29H35N5O2S. The normalized spacial score (nSPS) is 15.5. The number of nitrogens with zero attached hydrogens (tertiary/aromatic N) is 4. The molecule has 1 amide bonds. The number of carbonyl (C=O) groups excluding carboxylic acids is 1. The molecule has 1 saturated heterocycles. The number of carbonyl (C=O) groups is 1. The summed E-state index contributed by atoms with van der Waals surface area (Å²) in [6.45, 7) is 8.64. The number of nitrogens with one attached hydrogen (secondary N) is 1. The highest BCUT2D eigenvalue weighted by molar-refractivity contribution is 7.98. The van der Waals surface area contributed by atoms with Crippen molar-refractivity contribution in [1.29, 1.82) is 0 Å². The van der Waals surface area contributed by atoms with Crippen LogP contribution >= 0.6 is 11.8 Å². The van der Waals surface area contributed by atoms with E-state index in [2.05, 4.69) is 47.2 Å². The van der Waals surface area contributed by atoms with E-state index < -0.39 is 0 Å². The van der Waals surface area contributed by atoms with Crippen LogP contribution in [-0.4, -0.2) is 55.7 Å². The number of ether oxygens (including phenoxy) is 1. The van der Waals surface area contributed by atoms with Crippen molar-refractivity contribution in [2.75, 3.05) is 49.6 Å². The fraction of sp³-hybridized carbons (Fsp3) is 0.414. The van der Waals surface area contributed by atoms with Crippen LogP contribution in [0, 0.1) is 19.8 Å². The van der Waals surface area contributed by atoms with Crippen molar-refractivity contribution in [3.63, 3.8) is 0 Å². The number of piperazine rings is 1. The quantitative estimate of drug-likeness (QED) is 0.321. The van der Waals surface area contributed by atoms with Crippen LogP contribution in [-0.2, 0) is 5.75 Å². The number of hydrogen-bond acceptors (Lipinski definition) is 7. The van der Waals surface area contributed by atoms with Crippen molar-refractivity contribution in [2.45, 2.75) is 37.6 Å². The Morgan fingerprint density at radius 2 is 1.76 bits per heavy atom. The van der Waals surface area contributed by atoms with Crippen LogP contribution in [0.2, 0.25) is 0 Å². The van der Waals surface area contributed by atoms with Gasteiger partial charge in [-0.3, -0.25) is 4.79 Å². The fourth-order valence-electron chi connectivity index (χ4n) is 4.54. The third-order valence-corrected chi connectivity index (χ3v) is 8.08. The second-order valence-electron chi connectivity index (χ2n) is 9.85. The third kappa shape index (κ3) is 6.36. The molecule has 2 aliphatic rings.